The molecule has 1 aromatic carbocycles. The maximum atomic E-state index is 12.7. The van der Waals surface area contributed by atoms with Crippen molar-refractivity contribution in [3.05, 3.63) is 47.8 Å². The highest BCUT2D eigenvalue weighted by atomic mass is 32.2. The smallest absolute Gasteiger partial charge is 0.199 e. The SMILES string of the molecule is Cc1ccc(S(=O)(=O)n2cc(C3=CCC(C(F)(F)F)CC3)nn2)cc1. The third-order valence-corrected chi connectivity index (χ3v) is 5.78. The van der Waals surface area contributed by atoms with Crippen LogP contribution in [0.4, 0.5) is 13.2 Å². The van der Waals surface area contributed by atoms with E-state index in [9.17, 15) is 21.6 Å². The Morgan fingerprint density at radius 3 is 2.44 bits per heavy atom. The summed E-state index contributed by atoms with van der Waals surface area (Å²) in [6.07, 6.45) is -1.48. The van der Waals surface area contributed by atoms with Gasteiger partial charge in [0.05, 0.1) is 17.0 Å². The lowest BCUT2D eigenvalue weighted by atomic mass is 9.88. The van der Waals surface area contributed by atoms with E-state index in [1.807, 2.05) is 6.92 Å². The maximum absolute atomic E-state index is 12.7. The van der Waals surface area contributed by atoms with Crippen LogP contribution in [0.1, 0.15) is 30.5 Å². The molecule has 134 valence electrons. The fraction of sp³-hybridized carbons (Fsp3) is 0.375. The first-order valence-electron chi connectivity index (χ1n) is 7.68. The maximum Gasteiger partial charge on any atom is 0.392 e. The van der Waals surface area contributed by atoms with Crippen molar-refractivity contribution in [2.75, 3.05) is 0 Å². The van der Waals surface area contributed by atoms with Crippen LogP contribution in [0, 0.1) is 12.8 Å². The van der Waals surface area contributed by atoms with E-state index in [1.54, 1.807) is 12.1 Å². The third-order valence-electron chi connectivity index (χ3n) is 4.24. The summed E-state index contributed by atoms with van der Waals surface area (Å²) in [5.41, 5.74) is 1.80. The van der Waals surface area contributed by atoms with Crippen LogP contribution >= 0.6 is 0 Å². The molecule has 0 saturated heterocycles. The minimum atomic E-state index is -4.21. The zero-order valence-corrected chi connectivity index (χ0v) is 14.2. The molecule has 1 atom stereocenters. The molecule has 0 bridgehead atoms. The Morgan fingerprint density at radius 1 is 1.20 bits per heavy atom. The average molecular weight is 371 g/mol. The number of halogens is 3. The van der Waals surface area contributed by atoms with Crippen LogP contribution in [0.25, 0.3) is 5.57 Å². The molecule has 1 aliphatic carbocycles. The van der Waals surface area contributed by atoms with Crippen molar-refractivity contribution in [3.8, 4) is 0 Å². The van der Waals surface area contributed by atoms with Gasteiger partial charge in [0.1, 0.15) is 5.69 Å². The van der Waals surface area contributed by atoms with Gasteiger partial charge in [-0.25, -0.2) is 0 Å². The van der Waals surface area contributed by atoms with E-state index in [1.165, 1.54) is 24.4 Å². The molecule has 0 amide bonds. The normalized spacial score (nSPS) is 18.9. The van der Waals surface area contributed by atoms with Gasteiger partial charge in [0.25, 0.3) is 10.0 Å². The minimum absolute atomic E-state index is 0.0348. The van der Waals surface area contributed by atoms with Crippen molar-refractivity contribution in [1.29, 1.82) is 0 Å². The molecule has 1 heterocycles. The summed E-state index contributed by atoms with van der Waals surface area (Å²) in [4.78, 5) is 0.0734. The van der Waals surface area contributed by atoms with Gasteiger partial charge in [-0.3, -0.25) is 0 Å². The Hall–Kier alpha value is -2.16. The molecule has 5 nitrogen and oxygen atoms in total. The fourth-order valence-electron chi connectivity index (χ4n) is 2.70. The standard InChI is InChI=1S/C16H16F3N3O2S/c1-11-2-8-14(9-3-11)25(23,24)22-10-15(20-21-22)12-4-6-13(7-5-12)16(17,18)19/h2-4,8-10,13H,5-7H2,1H3. The second-order valence-electron chi connectivity index (χ2n) is 6.04. The number of rotatable bonds is 3. The molecule has 3 rings (SSSR count). The molecule has 1 unspecified atom stereocenters. The first-order valence-corrected chi connectivity index (χ1v) is 9.12. The lowest BCUT2D eigenvalue weighted by molar-refractivity contribution is -0.175. The predicted octanol–water partition coefficient (Wildman–Crippen LogP) is 3.57. The van der Waals surface area contributed by atoms with Crippen molar-refractivity contribution >= 4 is 15.6 Å². The van der Waals surface area contributed by atoms with Gasteiger partial charge in [0.15, 0.2) is 0 Å². The summed E-state index contributed by atoms with van der Waals surface area (Å²) in [5, 5.41) is 7.47. The number of aromatic nitrogens is 3. The van der Waals surface area contributed by atoms with E-state index in [4.69, 9.17) is 0 Å². The Bertz CT molecular complexity index is 899. The number of aryl methyl sites for hydroxylation is 1. The van der Waals surface area contributed by atoms with Crippen molar-refractivity contribution in [2.24, 2.45) is 5.92 Å². The Morgan fingerprint density at radius 2 is 1.88 bits per heavy atom. The number of benzene rings is 1. The summed E-state index contributed by atoms with van der Waals surface area (Å²) < 4.78 is 63.9. The van der Waals surface area contributed by atoms with E-state index in [-0.39, 0.29) is 29.9 Å². The van der Waals surface area contributed by atoms with Crippen molar-refractivity contribution in [2.45, 2.75) is 37.3 Å². The largest absolute Gasteiger partial charge is 0.392 e. The number of alkyl halides is 3. The predicted molar refractivity (Wildman–Crippen MR) is 85.2 cm³/mol. The van der Waals surface area contributed by atoms with Gasteiger partial charge in [0.2, 0.25) is 0 Å². The molecule has 0 aliphatic heterocycles. The first-order chi connectivity index (χ1) is 11.7. The molecular formula is C16H16F3N3O2S. The van der Waals surface area contributed by atoms with Gasteiger partial charge in [-0.1, -0.05) is 29.0 Å². The third kappa shape index (κ3) is 3.60. The zero-order valence-electron chi connectivity index (χ0n) is 13.4. The molecule has 2 aromatic rings. The Balaban J connectivity index is 1.83. The topological polar surface area (TPSA) is 64.8 Å². The molecule has 9 heteroatoms. The van der Waals surface area contributed by atoms with Gasteiger partial charge >= 0.3 is 6.18 Å². The van der Waals surface area contributed by atoms with Crippen LogP contribution in [-0.2, 0) is 10.0 Å². The highest BCUT2D eigenvalue weighted by molar-refractivity contribution is 7.89. The Kier molecular flexibility index (Phi) is 4.44. The lowest BCUT2D eigenvalue weighted by Gasteiger charge is -2.23. The molecule has 0 spiro atoms. The highest BCUT2D eigenvalue weighted by Crippen LogP contribution is 2.38. The van der Waals surface area contributed by atoms with E-state index in [0.717, 1.165) is 9.65 Å². The molecule has 1 aromatic heterocycles. The second kappa shape index (κ2) is 6.29. The molecule has 0 N–H and O–H groups in total. The van der Waals surface area contributed by atoms with Crippen molar-refractivity contribution < 1.29 is 21.6 Å². The van der Waals surface area contributed by atoms with E-state index < -0.39 is 22.1 Å². The van der Waals surface area contributed by atoms with Crippen LogP contribution < -0.4 is 0 Å². The van der Waals surface area contributed by atoms with Gasteiger partial charge in [-0.15, -0.1) is 9.19 Å². The van der Waals surface area contributed by atoms with Crippen molar-refractivity contribution in [3.63, 3.8) is 0 Å². The average Bonchev–Trinajstić information content (AvgIpc) is 3.05. The molecule has 25 heavy (non-hydrogen) atoms. The quantitative estimate of drug-likeness (QED) is 0.827. The van der Waals surface area contributed by atoms with Crippen LogP contribution in [-0.4, -0.2) is 29.0 Å². The fourth-order valence-corrected chi connectivity index (χ4v) is 3.76. The van der Waals surface area contributed by atoms with Gasteiger partial charge < -0.3 is 0 Å². The summed E-state index contributed by atoms with van der Waals surface area (Å²) in [6, 6.07) is 6.29. The highest BCUT2D eigenvalue weighted by Gasteiger charge is 2.40. The summed E-state index contributed by atoms with van der Waals surface area (Å²) in [5.74, 6) is -1.36. The Labute approximate surface area is 143 Å². The van der Waals surface area contributed by atoms with Crippen LogP contribution in [0.2, 0.25) is 0 Å². The molecule has 0 fully saturated rings. The minimum Gasteiger partial charge on any atom is -0.199 e. The zero-order chi connectivity index (χ0) is 18.2. The molecular weight excluding hydrogens is 355 g/mol. The summed E-state index contributed by atoms with van der Waals surface area (Å²) >= 11 is 0. The second-order valence-corrected chi connectivity index (χ2v) is 7.83. The van der Waals surface area contributed by atoms with Crippen molar-refractivity contribution in [1.82, 2.24) is 14.4 Å². The van der Waals surface area contributed by atoms with Crippen LogP contribution in [0.3, 0.4) is 0 Å². The monoisotopic (exact) mass is 371 g/mol. The molecule has 0 radical (unpaired) electrons. The number of hydrogen-bond acceptors (Lipinski definition) is 4. The summed E-state index contributed by atoms with van der Waals surface area (Å²) in [7, 11) is -3.87. The van der Waals surface area contributed by atoms with Gasteiger partial charge in [-0.05, 0) is 43.9 Å². The van der Waals surface area contributed by atoms with Gasteiger partial charge in [-0.2, -0.15) is 21.6 Å². The van der Waals surface area contributed by atoms with E-state index in [2.05, 4.69) is 10.3 Å². The number of nitrogens with zero attached hydrogens (tertiary/aromatic N) is 3. The van der Waals surface area contributed by atoms with E-state index in [0.29, 0.717) is 5.57 Å². The molecule has 1 aliphatic rings. The lowest BCUT2D eigenvalue weighted by Crippen LogP contribution is -2.24. The van der Waals surface area contributed by atoms with Crippen LogP contribution in [0.5, 0.6) is 0 Å². The molecule has 0 saturated carbocycles. The number of allylic oxidation sites excluding steroid dienone is 2. The van der Waals surface area contributed by atoms with Crippen LogP contribution in [0.15, 0.2) is 41.4 Å². The van der Waals surface area contributed by atoms with Gasteiger partial charge in [0, 0.05) is 0 Å². The summed E-state index contributed by atoms with van der Waals surface area (Å²) in [6.45, 7) is 1.84. The first kappa shape index (κ1) is 17.7. The number of hydrogen-bond donors (Lipinski definition) is 0. The van der Waals surface area contributed by atoms with E-state index >= 15 is 0 Å².